The summed E-state index contributed by atoms with van der Waals surface area (Å²) >= 11 is 1.68. The van der Waals surface area contributed by atoms with Gasteiger partial charge in [-0.1, -0.05) is 0 Å². The lowest BCUT2D eigenvalue weighted by Crippen LogP contribution is -2.45. The van der Waals surface area contributed by atoms with E-state index in [1.165, 1.54) is 0 Å². The van der Waals surface area contributed by atoms with Gasteiger partial charge in [0, 0.05) is 24.3 Å². The predicted octanol–water partition coefficient (Wildman–Crippen LogP) is 1.68. The van der Waals surface area contributed by atoms with E-state index < -0.39 is 5.97 Å². The molecule has 2 atom stereocenters. The molecule has 0 rings (SSSR count). The van der Waals surface area contributed by atoms with Crippen LogP contribution in [-0.4, -0.2) is 41.2 Å². The summed E-state index contributed by atoms with van der Waals surface area (Å²) in [6, 6.07) is -0.0542. The van der Waals surface area contributed by atoms with Gasteiger partial charge in [-0.05, 0) is 32.9 Å². The minimum absolute atomic E-state index is 0.00386. The molecule has 2 unspecified atom stereocenters. The van der Waals surface area contributed by atoms with Crippen molar-refractivity contribution < 1.29 is 14.7 Å². The summed E-state index contributed by atoms with van der Waals surface area (Å²) in [6.45, 7) is 3.83. The van der Waals surface area contributed by atoms with Crippen molar-refractivity contribution in [2.45, 2.75) is 45.2 Å². The van der Waals surface area contributed by atoms with Gasteiger partial charge >= 0.3 is 12.0 Å². The molecule has 5 nitrogen and oxygen atoms in total. The van der Waals surface area contributed by atoms with Gasteiger partial charge < -0.3 is 15.7 Å². The minimum atomic E-state index is -0.796. The number of carboxylic acids is 1. The smallest absolute Gasteiger partial charge is 0.315 e. The summed E-state index contributed by atoms with van der Waals surface area (Å²) in [5.74, 6) is 0.0797. The fourth-order valence-electron chi connectivity index (χ4n) is 1.41. The summed E-state index contributed by atoms with van der Waals surface area (Å²) in [5, 5.41) is 14.1. The molecule has 0 aromatic heterocycles. The summed E-state index contributed by atoms with van der Waals surface area (Å²) < 4.78 is 0. The van der Waals surface area contributed by atoms with E-state index in [2.05, 4.69) is 10.6 Å². The molecule has 3 N–H and O–H groups in total. The Hall–Kier alpha value is -0.910. The first-order chi connectivity index (χ1) is 7.95. The van der Waals surface area contributed by atoms with E-state index in [9.17, 15) is 9.59 Å². The van der Waals surface area contributed by atoms with Crippen molar-refractivity contribution in [1.29, 1.82) is 0 Å². The predicted molar refractivity (Wildman–Crippen MR) is 70.5 cm³/mol. The number of carbonyl (C=O) groups excluding carboxylic acids is 1. The van der Waals surface area contributed by atoms with Gasteiger partial charge in [0.1, 0.15) is 0 Å². The number of rotatable bonds is 8. The number of thioether (sulfide) groups is 1. The SMILES string of the molecule is CSCC(C)NC(=O)NC(C)CCCC(=O)O. The Kier molecular flexibility index (Phi) is 8.66. The molecule has 0 aromatic rings. The number of nitrogens with one attached hydrogen (secondary N) is 2. The van der Waals surface area contributed by atoms with E-state index in [1.807, 2.05) is 20.1 Å². The number of hydrogen-bond donors (Lipinski definition) is 3. The standard InChI is InChI=1S/C11H22N2O3S/c1-8(5-4-6-10(14)15)12-11(16)13-9(2)7-17-3/h8-9H,4-7H2,1-3H3,(H,14,15)(H2,12,13,16). The molecule has 0 aliphatic rings. The molecular weight excluding hydrogens is 240 g/mol. The summed E-state index contributed by atoms with van der Waals surface area (Å²) in [6.07, 6.45) is 3.40. The topological polar surface area (TPSA) is 78.4 Å². The van der Waals surface area contributed by atoms with E-state index in [0.29, 0.717) is 12.8 Å². The number of aliphatic carboxylic acids is 1. The number of carbonyl (C=O) groups is 2. The second-order valence-corrected chi connectivity index (χ2v) is 5.07. The highest BCUT2D eigenvalue weighted by Crippen LogP contribution is 2.01. The Morgan fingerprint density at radius 1 is 1.24 bits per heavy atom. The second-order valence-electron chi connectivity index (χ2n) is 4.16. The van der Waals surface area contributed by atoms with Crippen molar-refractivity contribution in [3.8, 4) is 0 Å². The molecule has 17 heavy (non-hydrogen) atoms. The van der Waals surface area contributed by atoms with Gasteiger partial charge in [0.15, 0.2) is 0 Å². The molecule has 0 saturated heterocycles. The second kappa shape index (κ2) is 9.15. The zero-order chi connectivity index (χ0) is 13.3. The van der Waals surface area contributed by atoms with Crippen molar-refractivity contribution >= 4 is 23.8 Å². The van der Waals surface area contributed by atoms with Crippen molar-refractivity contribution in [1.82, 2.24) is 10.6 Å². The number of urea groups is 1. The molecule has 100 valence electrons. The first kappa shape index (κ1) is 16.1. The zero-order valence-electron chi connectivity index (χ0n) is 10.7. The Bertz CT molecular complexity index is 249. The van der Waals surface area contributed by atoms with Crippen LogP contribution in [-0.2, 0) is 4.79 Å². The molecule has 0 aliphatic carbocycles. The fraction of sp³-hybridized carbons (Fsp3) is 0.818. The molecule has 0 heterocycles. The molecular formula is C11H22N2O3S. The average molecular weight is 262 g/mol. The maximum Gasteiger partial charge on any atom is 0.315 e. The van der Waals surface area contributed by atoms with Gasteiger partial charge in [-0.25, -0.2) is 4.79 Å². The molecule has 2 amide bonds. The molecule has 0 spiro atoms. The third-order valence-corrected chi connectivity index (χ3v) is 3.03. The third-order valence-electron chi connectivity index (χ3n) is 2.20. The van der Waals surface area contributed by atoms with Crippen LogP contribution in [0, 0.1) is 0 Å². The molecule has 0 aromatic carbocycles. The van der Waals surface area contributed by atoms with Gasteiger partial charge in [-0.2, -0.15) is 11.8 Å². The Balaban J connectivity index is 3.68. The van der Waals surface area contributed by atoms with Crippen molar-refractivity contribution in [3.63, 3.8) is 0 Å². The number of carboxylic acid groups (broad SMARTS) is 1. The lowest BCUT2D eigenvalue weighted by atomic mass is 10.1. The van der Waals surface area contributed by atoms with E-state index in [-0.39, 0.29) is 24.5 Å². The van der Waals surface area contributed by atoms with E-state index in [4.69, 9.17) is 5.11 Å². The zero-order valence-corrected chi connectivity index (χ0v) is 11.5. The first-order valence-corrected chi connectivity index (χ1v) is 7.12. The fourth-order valence-corrected chi connectivity index (χ4v) is 2.00. The van der Waals surface area contributed by atoms with Crippen LogP contribution in [0.1, 0.15) is 33.1 Å². The van der Waals surface area contributed by atoms with E-state index in [1.54, 1.807) is 11.8 Å². The van der Waals surface area contributed by atoms with Gasteiger partial charge in [-0.3, -0.25) is 4.79 Å². The quantitative estimate of drug-likeness (QED) is 0.622. The normalized spacial score (nSPS) is 13.8. The molecule has 0 bridgehead atoms. The van der Waals surface area contributed by atoms with E-state index >= 15 is 0 Å². The van der Waals surface area contributed by atoms with Crippen LogP contribution >= 0.6 is 11.8 Å². The van der Waals surface area contributed by atoms with Gasteiger partial charge in [0.2, 0.25) is 0 Å². The van der Waals surface area contributed by atoms with Gasteiger partial charge in [-0.15, -0.1) is 0 Å². The van der Waals surface area contributed by atoms with Crippen LogP contribution in [0.4, 0.5) is 4.79 Å². The highest BCUT2D eigenvalue weighted by molar-refractivity contribution is 7.98. The summed E-state index contributed by atoms with van der Waals surface area (Å²) in [4.78, 5) is 21.8. The molecule has 0 fully saturated rings. The van der Waals surface area contributed by atoms with Crippen LogP contribution in [0.25, 0.3) is 0 Å². The maximum absolute atomic E-state index is 11.5. The van der Waals surface area contributed by atoms with Crippen molar-refractivity contribution in [3.05, 3.63) is 0 Å². The van der Waals surface area contributed by atoms with Crippen LogP contribution in [0.15, 0.2) is 0 Å². The highest BCUT2D eigenvalue weighted by atomic mass is 32.2. The first-order valence-electron chi connectivity index (χ1n) is 5.73. The van der Waals surface area contributed by atoms with Crippen LogP contribution in [0.5, 0.6) is 0 Å². The van der Waals surface area contributed by atoms with Crippen molar-refractivity contribution in [2.24, 2.45) is 0 Å². The van der Waals surface area contributed by atoms with Crippen LogP contribution in [0.3, 0.4) is 0 Å². The summed E-state index contributed by atoms with van der Waals surface area (Å²) in [7, 11) is 0. The molecule has 6 heteroatoms. The average Bonchev–Trinajstić information content (AvgIpc) is 2.16. The molecule has 0 radical (unpaired) electrons. The lowest BCUT2D eigenvalue weighted by Gasteiger charge is -2.17. The lowest BCUT2D eigenvalue weighted by molar-refractivity contribution is -0.137. The third kappa shape index (κ3) is 9.99. The largest absolute Gasteiger partial charge is 0.481 e. The molecule has 0 saturated carbocycles. The monoisotopic (exact) mass is 262 g/mol. The van der Waals surface area contributed by atoms with Crippen LogP contribution < -0.4 is 10.6 Å². The highest BCUT2D eigenvalue weighted by Gasteiger charge is 2.10. The van der Waals surface area contributed by atoms with E-state index in [0.717, 1.165) is 5.75 Å². The Morgan fingerprint density at radius 2 is 1.82 bits per heavy atom. The number of amides is 2. The Labute approximate surface area is 107 Å². The summed E-state index contributed by atoms with van der Waals surface area (Å²) in [5.41, 5.74) is 0. The number of hydrogen-bond acceptors (Lipinski definition) is 3. The maximum atomic E-state index is 11.5. The van der Waals surface area contributed by atoms with Crippen LogP contribution in [0.2, 0.25) is 0 Å². The minimum Gasteiger partial charge on any atom is -0.481 e. The molecule has 0 aliphatic heterocycles. The van der Waals surface area contributed by atoms with Gasteiger partial charge in [0.25, 0.3) is 0 Å². The Morgan fingerprint density at radius 3 is 2.35 bits per heavy atom. The van der Waals surface area contributed by atoms with Crippen molar-refractivity contribution in [2.75, 3.05) is 12.0 Å². The van der Waals surface area contributed by atoms with Gasteiger partial charge in [0.05, 0.1) is 0 Å².